The van der Waals surface area contributed by atoms with E-state index in [4.69, 9.17) is 4.74 Å². The van der Waals surface area contributed by atoms with E-state index in [0.717, 1.165) is 16.9 Å². The van der Waals surface area contributed by atoms with E-state index in [9.17, 15) is 9.90 Å². The zero-order chi connectivity index (χ0) is 23.3. The summed E-state index contributed by atoms with van der Waals surface area (Å²) >= 11 is 0. The summed E-state index contributed by atoms with van der Waals surface area (Å²) in [4.78, 5) is 12.6. The van der Waals surface area contributed by atoms with Crippen LogP contribution in [0.15, 0.2) is 91.0 Å². The van der Waals surface area contributed by atoms with Crippen LogP contribution >= 0.6 is 0 Å². The highest BCUT2D eigenvalue weighted by molar-refractivity contribution is 6.09. The second-order valence-corrected chi connectivity index (χ2v) is 7.70. The van der Waals surface area contributed by atoms with Gasteiger partial charge in [-0.25, -0.2) is 0 Å². The van der Waals surface area contributed by atoms with Gasteiger partial charge >= 0.3 is 0 Å². The normalized spacial score (nSPS) is 11.2. The number of ketones is 1. The van der Waals surface area contributed by atoms with E-state index >= 15 is 0 Å². The highest BCUT2D eigenvalue weighted by Gasteiger charge is 2.12. The maximum Gasteiger partial charge on any atom is 0.204 e. The van der Waals surface area contributed by atoms with Crippen LogP contribution in [0.5, 0.6) is 11.5 Å². The third-order valence-electron chi connectivity index (χ3n) is 5.39. The summed E-state index contributed by atoms with van der Waals surface area (Å²) in [6.07, 6.45) is 3.11. The Hall–Kier alpha value is -4.78. The van der Waals surface area contributed by atoms with Crippen molar-refractivity contribution in [3.8, 4) is 22.9 Å². The third-order valence-corrected chi connectivity index (χ3v) is 5.39. The molecule has 0 aliphatic rings. The number of aromatic nitrogens is 4. The SMILES string of the molecule is O=C(C=Cc1ccc(OCc2ccc3ccccc3c2)cc1)c1cc(-c2nn[nH]n2)ccc1O. The predicted molar refractivity (Wildman–Crippen MR) is 129 cm³/mol. The molecule has 1 heterocycles. The van der Waals surface area contributed by atoms with Crippen LogP contribution < -0.4 is 4.74 Å². The second kappa shape index (κ2) is 9.38. The van der Waals surface area contributed by atoms with Crippen molar-refractivity contribution in [1.82, 2.24) is 20.6 Å². The zero-order valence-electron chi connectivity index (χ0n) is 18.1. The lowest BCUT2D eigenvalue weighted by Crippen LogP contribution is -1.96. The van der Waals surface area contributed by atoms with E-state index in [1.54, 1.807) is 12.1 Å². The molecule has 0 unspecified atom stereocenters. The van der Waals surface area contributed by atoms with Gasteiger partial charge in [0.05, 0.1) is 5.56 Å². The highest BCUT2D eigenvalue weighted by atomic mass is 16.5. The Bertz CT molecular complexity index is 1480. The summed E-state index contributed by atoms with van der Waals surface area (Å²) < 4.78 is 5.91. The molecule has 0 aliphatic carbocycles. The molecule has 4 aromatic carbocycles. The van der Waals surface area contributed by atoms with E-state index in [2.05, 4.69) is 51.0 Å². The van der Waals surface area contributed by atoms with Crippen molar-refractivity contribution in [2.45, 2.75) is 6.61 Å². The number of tetrazole rings is 1. The Kier molecular flexibility index (Phi) is 5.82. The third kappa shape index (κ3) is 4.68. The largest absolute Gasteiger partial charge is 0.507 e. The average molecular weight is 448 g/mol. The van der Waals surface area contributed by atoms with Gasteiger partial charge in [-0.3, -0.25) is 4.79 Å². The molecule has 0 spiro atoms. The van der Waals surface area contributed by atoms with Crippen LogP contribution in [0.25, 0.3) is 28.2 Å². The molecule has 0 aliphatic heterocycles. The van der Waals surface area contributed by atoms with E-state index < -0.39 is 0 Å². The van der Waals surface area contributed by atoms with Crippen LogP contribution in [0.4, 0.5) is 0 Å². The van der Waals surface area contributed by atoms with Crippen LogP contribution in [0.3, 0.4) is 0 Å². The van der Waals surface area contributed by atoms with Gasteiger partial charge in [-0.1, -0.05) is 54.6 Å². The van der Waals surface area contributed by atoms with Crippen LogP contribution in [0, 0.1) is 0 Å². The number of rotatable bonds is 7. The molecule has 5 aromatic rings. The molecule has 0 fully saturated rings. The number of fused-ring (bicyclic) bond motifs is 1. The predicted octanol–water partition coefficient (Wildman–Crippen LogP) is 5.20. The van der Waals surface area contributed by atoms with Gasteiger partial charge in [-0.2, -0.15) is 5.21 Å². The fraction of sp³-hybridized carbons (Fsp3) is 0.0370. The maximum absolute atomic E-state index is 12.6. The Morgan fingerprint density at radius 3 is 2.56 bits per heavy atom. The molecule has 0 amide bonds. The molecule has 2 N–H and O–H groups in total. The molecule has 7 nitrogen and oxygen atoms in total. The van der Waals surface area contributed by atoms with Gasteiger partial charge in [0.15, 0.2) is 5.78 Å². The monoisotopic (exact) mass is 448 g/mol. The minimum absolute atomic E-state index is 0.112. The fourth-order valence-corrected chi connectivity index (χ4v) is 3.59. The first-order valence-electron chi connectivity index (χ1n) is 10.7. The summed E-state index contributed by atoms with van der Waals surface area (Å²) in [5, 5.41) is 26.2. The van der Waals surface area contributed by atoms with Crippen molar-refractivity contribution >= 4 is 22.6 Å². The van der Waals surface area contributed by atoms with Crippen molar-refractivity contribution in [3.63, 3.8) is 0 Å². The van der Waals surface area contributed by atoms with Gasteiger partial charge in [-0.05, 0) is 69.6 Å². The van der Waals surface area contributed by atoms with E-state index in [-0.39, 0.29) is 17.1 Å². The van der Waals surface area contributed by atoms with E-state index in [0.29, 0.717) is 18.0 Å². The minimum atomic E-state index is -0.334. The van der Waals surface area contributed by atoms with E-state index in [1.165, 1.54) is 29.0 Å². The van der Waals surface area contributed by atoms with Crippen LogP contribution in [-0.4, -0.2) is 31.5 Å². The number of hydrogen-bond acceptors (Lipinski definition) is 6. The maximum atomic E-state index is 12.6. The Balaban J connectivity index is 1.23. The standard InChI is InChI=1S/C27H20N4O3/c32-25(24-16-22(10-14-26(24)33)27-28-30-31-29-27)13-8-18-6-11-23(12-7-18)34-17-19-5-9-20-3-1-2-4-21(20)15-19/h1-16,33H,17H2,(H,28,29,30,31). The number of allylic oxidation sites excluding steroid dienone is 1. The van der Waals surface area contributed by atoms with Crippen molar-refractivity contribution in [3.05, 3.63) is 108 Å². The Labute approximate surface area is 195 Å². The summed E-state index contributed by atoms with van der Waals surface area (Å²) in [6, 6.07) is 26.6. The number of phenols is 1. The molecule has 34 heavy (non-hydrogen) atoms. The van der Waals surface area contributed by atoms with Crippen molar-refractivity contribution in [1.29, 1.82) is 0 Å². The molecule has 7 heteroatoms. The molecule has 0 radical (unpaired) electrons. The van der Waals surface area contributed by atoms with Crippen LogP contribution in [0.1, 0.15) is 21.5 Å². The number of nitrogens with zero attached hydrogens (tertiary/aromatic N) is 3. The molecule has 1 aromatic heterocycles. The summed E-state index contributed by atoms with van der Waals surface area (Å²) in [6.45, 7) is 0.467. The number of H-pyrrole nitrogens is 1. The molecule has 0 saturated carbocycles. The Morgan fingerprint density at radius 1 is 0.941 bits per heavy atom. The van der Waals surface area contributed by atoms with Gasteiger partial charge in [0.1, 0.15) is 18.1 Å². The lowest BCUT2D eigenvalue weighted by molar-refractivity contribution is 0.104. The van der Waals surface area contributed by atoms with Gasteiger partial charge in [0.2, 0.25) is 5.82 Å². The highest BCUT2D eigenvalue weighted by Crippen LogP contribution is 2.25. The van der Waals surface area contributed by atoms with Crippen molar-refractivity contribution < 1.29 is 14.6 Å². The summed E-state index contributed by atoms with van der Waals surface area (Å²) in [7, 11) is 0. The zero-order valence-corrected chi connectivity index (χ0v) is 18.1. The first kappa shape index (κ1) is 21.1. The first-order chi connectivity index (χ1) is 16.7. The number of carbonyl (C=O) groups is 1. The number of carbonyl (C=O) groups excluding carboxylic acids is 1. The minimum Gasteiger partial charge on any atom is -0.507 e. The quantitative estimate of drug-likeness (QED) is 0.262. The van der Waals surface area contributed by atoms with Gasteiger partial charge in [-0.15, -0.1) is 10.2 Å². The summed E-state index contributed by atoms with van der Waals surface area (Å²) in [5.74, 6) is 0.637. The lowest BCUT2D eigenvalue weighted by atomic mass is 10.0. The topological polar surface area (TPSA) is 101 Å². The van der Waals surface area contributed by atoms with Gasteiger partial charge < -0.3 is 9.84 Å². The van der Waals surface area contributed by atoms with Gasteiger partial charge in [0.25, 0.3) is 0 Å². The molecule has 0 atom stereocenters. The number of benzene rings is 4. The van der Waals surface area contributed by atoms with Crippen LogP contribution in [-0.2, 0) is 6.61 Å². The number of ether oxygens (including phenoxy) is 1. The van der Waals surface area contributed by atoms with Crippen LogP contribution in [0.2, 0.25) is 0 Å². The molecule has 166 valence electrons. The van der Waals surface area contributed by atoms with Crippen molar-refractivity contribution in [2.24, 2.45) is 0 Å². The number of aromatic amines is 1. The molecular formula is C27H20N4O3. The summed E-state index contributed by atoms with van der Waals surface area (Å²) in [5.41, 5.74) is 2.67. The number of nitrogens with one attached hydrogen (secondary N) is 1. The first-order valence-corrected chi connectivity index (χ1v) is 10.7. The second-order valence-electron chi connectivity index (χ2n) is 7.70. The van der Waals surface area contributed by atoms with Crippen molar-refractivity contribution in [2.75, 3.05) is 0 Å². The molecule has 0 saturated heterocycles. The lowest BCUT2D eigenvalue weighted by Gasteiger charge is -2.08. The fourth-order valence-electron chi connectivity index (χ4n) is 3.59. The Morgan fingerprint density at radius 2 is 1.76 bits per heavy atom. The molecular weight excluding hydrogens is 428 g/mol. The van der Waals surface area contributed by atoms with Gasteiger partial charge in [0, 0.05) is 5.56 Å². The number of aromatic hydroxyl groups is 1. The molecule has 0 bridgehead atoms. The number of phenolic OH excluding ortho intramolecular Hbond substituents is 1. The number of hydrogen-bond donors (Lipinski definition) is 2. The molecule has 5 rings (SSSR count). The average Bonchev–Trinajstić information content (AvgIpc) is 3.42. The smallest absolute Gasteiger partial charge is 0.204 e. The van der Waals surface area contributed by atoms with E-state index in [1.807, 2.05) is 36.4 Å².